The Morgan fingerprint density at radius 3 is 2.49 bits per heavy atom. The number of pyridine rings is 1. The zero-order valence-electron chi connectivity index (χ0n) is 19.8. The number of fused-ring (bicyclic) bond motifs is 1. The maximum atomic E-state index is 13.4. The average molecular weight is 510 g/mol. The van der Waals surface area contributed by atoms with E-state index in [-0.39, 0.29) is 35.4 Å². The number of methoxy groups -OCH3 is 1. The molecule has 0 atom stereocenters. The molecule has 0 aliphatic rings. The number of para-hydroxylation sites is 1. The molecule has 0 fully saturated rings. The van der Waals surface area contributed by atoms with Crippen LogP contribution in [-0.2, 0) is 21.2 Å². The Balaban J connectivity index is 1.62. The van der Waals surface area contributed by atoms with Crippen LogP contribution in [0.15, 0.2) is 71.8 Å². The lowest BCUT2D eigenvalue weighted by Crippen LogP contribution is -2.32. The van der Waals surface area contributed by atoms with Crippen molar-refractivity contribution in [2.45, 2.75) is 37.6 Å². The summed E-state index contributed by atoms with van der Waals surface area (Å²) < 4.78 is 31.8. The average Bonchev–Trinajstić information content (AvgIpc) is 3.30. The molecule has 9 heteroatoms. The summed E-state index contributed by atoms with van der Waals surface area (Å²) in [6, 6.07) is 17.7. The maximum Gasteiger partial charge on any atom is 0.230 e. The number of benzene rings is 2. The van der Waals surface area contributed by atoms with Gasteiger partial charge in [-0.25, -0.2) is 13.4 Å². The lowest BCUT2D eigenvalue weighted by atomic mass is 10.0. The largest absolute Gasteiger partial charge is 0.497 e. The molecule has 0 aliphatic carbocycles. The van der Waals surface area contributed by atoms with Gasteiger partial charge in [0.25, 0.3) is 0 Å². The number of carbonyl (C=O) groups is 1. The first-order valence-corrected chi connectivity index (χ1v) is 13.7. The van der Waals surface area contributed by atoms with Crippen molar-refractivity contribution in [1.29, 1.82) is 0 Å². The van der Waals surface area contributed by atoms with Crippen LogP contribution in [0.2, 0.25) is 0 Å². The lowest BCUT2D eigenvalue weighted by Gasteiger charge is -2.19. The van der Waals surface area contributed by atoms with Crippen LogP contribution in [-0.4, -0.2) is 37.2 Å². The number of anilines is 1. The van der Waals surface area contributed by atoms with Crippen LogP contribution < -0.4 is 9.64 Å². The van der Waals surface area contributed by atoms with Crippen molar-refractivity contribution < 1.29 is 17.9 Å². The van der Waals surface area contributed by atoms with Crippen molar-refractivity contribution in [2.75, 3.05) is 17.8 Å². The van der Waals surface area contributed by atoms with E-state index in [1.807, 2.05) is 36.4 Å². The quantitative estimate of drug-likeness (QED) is 0.307. The van der Waals surface area contributed by atoms with E-state index in [1.165, 1.54) is 30.6 Å². The van der Waals surface area contributed by atoms with Gasteiger partial charge in [0, 0.05) is 12.6 Å². The number of ether oxygens (including phenoxy) is 1. The van der Waals surface area contributed by atoms with Crippen LogP contribution in [0.3, 0.4) is 0 Å². The summed E-state index contributed by atoms with van der Waals surface area (Å²) in [5.41, 5.74) is 2.67. The molecular weight excluding hydrogens is 482 g/mol. The van der Waals surface area contributed by atoms with E-state index in [0.717, 1.165) is 15.8 Å². The minimum Gasteiger partial charge on any atom is -0.497 e. The topological polar surface area (TPSA) is 89.5 Å². The molecule has 0 radical (unpaired) electrons. The molecular formula is C26H27N3O4S2. The second-order valence-corrected chi connectivity index (χ2v) is 11.5. The molecule has 2 heterocycles. The number of thiazole rings is 1. The minimum absolute atomic E-state index is 0.156. The van der Waals surface area contributed by atoms with Crippen molar-refractivity contribution >= 4 is 42.4 Å². The molecule has 0 saturated heterocycles. The standard InChI is InChI=1S/C26H27N3O4S2/c1-18(2)22-8-6-9-23-25(22)28-26(34-23)29(17-19-7-4-5-15-27-19)24(30)14-16-35(31,32)21-12-10-20(33-3)11-13-21/h4-13,15,18H,14,16-17H2,1-3H3. The zero-order valence-corrected chi connectivity index (χ0v) is 21.5. The van der Waals surface area contributed by atoms with Gasteiger partial charge in [0.05, 0.1) is 40.2 Å². The Hall–Kier alpha value is -3.30. The van der Waals surface area contributed by atoms with Gasteiger partial charge in [-0.2, -0.15) is 0 Å². The van der Waals surface area contributed by atoms with Crippen LogP contribution in [0.4, 0.5) is 5.13 Å². The molecule has 2 aromatic heterocycles. The van der Waals surface area contributed by atoms with Gasteiger partial charge in [0.2, 0.25) is 5.91 Å². The molecule has 0 saturated carbocycles. The van der Waals surface area contributed by atoms with Gasteiger partial charge in [-0.15, -0.1) is 0 Å². The Bertz CT molecular complexity index is 1420. The summed E-state index contributed by atoms with van der Waals surface area (Å²) in [5, 5.41) is 0.533. The maximum absolute atomic E-state index is 13.4. The summed E-state index contributed by atoms with van der Waals surface area (Å²) >= 11 is 1.42. The molecule has 2 aromatic carbocycles. The SMILES string of the molecule is COc1ccc(S(=O)(=O)CCC(=O)N(Cc2ccccn2)c2nc3c(C(C)C)cccc3s2)cc1. The van der Waals surface area contributed by atoms with Gasteiger partial charge in [0.15, 0.2) is 15.0 Å². The lowest BCUT2D eigenvalue weighted by molar-refractivity contribution is -0.118. The predicted octanol–water partition coefficient (Wildman–Crippen LogP) is 5.22. The van der Waals surface area contributed by atoms with Crippen LogP contribution >= 0.6 is 11.3 Å². The van der Waals surface area contributed by atoms with Gasteiger partial charge in [0.1, 0.15) is 5.75 Å². The smallest absolute Gasteiger partial charge is 0.230 e. The third-order valence-corrected chi connectivity index (χ3v) is 8.42. The summed E-state index contributed by atoms with van der Waals surface area (Å²) in [7, 11) is -2.13. The zero-order chi connectivity index (χ0) is 25.0. The van der Waals surface area contributed by atoms with E-state index >= 15 is 0 Å². The fourth-order valence-electron chi connectivity index (χ4n) is 3.71. The number of sulfone groups is 1. The third kappa shape index (κ3) is 5.68. The molecule has 4 aromatic rings. The van der Waals surface area contributed by atoms with Gasteiger partial charge < -0.3 is 4.74 Å². The first kappa shape index (κ1) is 24.8. The number of amides is 1. The molecule has 182 valence electrons. The molecule has 0 N–H and O–H groups in total. The van der Waals surface area contributed by atoms with E-state index in [4.69, 9.17) is 9.72 Å². The van der Waals surface area contributed by atoms with Crippen molar-refractivity contribution in [3.8, 4) is 5.75 Å². The van der Waals surface area contributed by atoms with Gasteiger partial charge in [-0.05, 0) is 53.9 Å². The molecule has 1 amide bonds. The minimum atomic E-state index is -3.65. The van der Waals surface area contributed by atoms with Crippen LogP contribution in [0.5, 0.6) is 5.75 Å². The third-order valence-electron chi connectivity index (χ3n) is 5.64. The van der Waals surface area contributed by atoms with Crippen LogP contribution in [0.1, 0.15) is 37.4 Å². The van der Waals surface area contributed by atoms with E-state index < -0.39 is 9.84 Å². The van der Waals surface area contributed by atoms with E-state index in [0.29, 0.717) is 16.6 Å². The summed E-state index contributed by atoms with van der Waals surface area (Å²) in [6.07, 6.45) is 1.50. The highest BCUT2D eigenvalue weighted by atomic mass is 32.2. The molecule has 35 heavy (non-hydrogen) atoms. The molecule has 0 bridgehead atoms. The molecule has 0 spiro atoms. The van der Waals surface area contributed by atoms with Gasteiger partial charge in [-0.3, -0.25) is 14.7 Å². The van der Waals surface area contributed by atoms with Gasteiger partial charge >= 0.3 is 0 Å². The predicted molar refractivity (Wildman–Crippen MR) is 139 cm³/mol. The Labute approximate surface area is 209 Å². The first-order chi connectivity index (χ1) is 16.8. The van der Waals surface area contributed by atoms with Gasteiger partial charge in [-0.1, -0.05) is 43.4 Å². The van der Waals surface area contributed by atoms with Crippen molar-refractivity contribution in [3.63, 3.8) is 0 Å². The summed E-state index contributed by atoms with van der Waals surface area (Å²) in [5.74, 6) is 0.221. The number of carbonyl (C=O) groups excluding carboxylic acids is 1. The fourth-order valence-corrected chi connectivity index (χ4v) is 5.96. The number of hydrogen-bond acceptors (Lipinski definition) is 7. The summed E-state index contributed by atoms with van der Waals surface area (Å²) in [4.78, 5) is 24.3. The van der Waals surface area contributed by atoms with Crippen LogP contribution in [0.25, 0.3) is 10.2 Å². The summed E-state index contributed by atoms with van der Waals surface area (Å²) in [6.45, 7) is 4.42. The highest BCUT2D eigenvalue weighted by Gasteiger charge is 2.24. The number of hydrogen-bond donors (Lipinski definition) is 0. The highest BCUT2D eigenvalue weighted by molar-refractivity contribution is 7.91. The first-order valence-electron chi connectivity index (χ1n) is 11.2. The number of rotatable bonds is 9. The van der Waals surface area contributed by atoms with E-state index in [1.54, 1.807) is 23.2 Å². The molecule has 0 unspecified atom stereocenters. The number of nitrogens with zero attached hydrogens (tertiary/aromatic N) is 3. The molecule has 4 rings (SSSR count). The van der Waals surface area contributed by atoms with E-state index in [2.05, 4.69) is 18.8 Å². The molecule has 0 aliphatic heterocycles. The van der Waals surface area contributed by atoms with Crippen molar-refractivity contribution in [1.82, 2.24) is 9.97 Å². The van der Waals surface area contributed by atoms with Crippen LogP contribution in [0, 0.1) is 0 Å². The fraction of sp³-hybridized carbons (Fsp3) is 0.269. The second kappa shape index (κ2) is 10.5. The number of aromatic nitrogens is 2. The van der Waals surface area contributed by atoms with Crippen molar-refractivity contribution in [3.05, 3.63) is 78.1 Å². The molecule has 7 nitrogen and oxygen atoms in total. The normalized spacial score (nSPS) is 11.7. The Kier molecular flexibility index (Phi) is 7.47. The van der Waals surface area contributed by atoms with Crippen molar-refractivity contribution in [2.24, 2.45) is 0 Å². The van der Waals surface area contributed by atoms with E-state index in [9.17, 15) is 13.2 Å². The Morgan fingerprint density at radius 2 is 1.83 bits per heavy atom. The monoisotopic (exact) mass is 509 g/mol. The second-order valence-electron chi connectivity index (χ2n) is 8.39. The Morgan fingerprint density at radius 1 is 1.06 bits per heavy atom. The highest BCUT2D eigenvalue weighted by Crippen LogP contribution is 2.34.